The Morgan fingerprint density at radius 2 is 2.00 bits per heavy atom. The minimum atomic E-state index is -0.208. The number of hydrogen-bond acceptors (Lipinski definition) is 3. The second-order valence-corrected chi connectivity index (χ2v) is 5.20. The van der Waals surface area contributed by atoms with Gasteiger partial charge in [0.05, 0.1) is 7.11 Å². The summed E-state index contributed by atoms with van der Waals surface area (Å²) in [7, 11) is 1.59. The molecule has 0 unspecified atom stereocenters. The van der Waals surface area contributed by atoms with Gasteiger partial charge in [-0.05, 0) is 25.0 Å². The van der Waals surface area contributed by atoms with Crippen LogP contribution >= 0.6 is 0 Å². The first-order chi connectivity index (χ1) is 10.7. The number of methoxy groups -OCH3 is 1. The van der Waals surface area contributed by atoms with Gasteiger partial charge in [0.25, 0.3) is 0 Å². The van der Waals surface area contributed by atoms with Crippen molar-refractivity contribution in [3.63, 3.8) is 0 Å². The zero-order valence-electron chi connectivity index (χ0n) is 12.9. The van der Waals surface area contributed by atoms with Crippen LogP contribution in [0.2, 0.25) is 0 Å². The molecule has 22 heavy (non-hydrogen) atoms. The Labute approximate surface area is 130 Å². The van der Waals surface area contributed by atoms with E-state index in [4.69, 9.17) is 4.74 Å². The standard InChI is InChI=1S/C17H22N2O3/c1-22-15-7-3-2-6-14(15)8-9-16(20)18-11-10-17(21)19-12-4-5-13-19/h2-3,6-9H,4-5,10-13H2,1H3,(H,18,20)/b9-8+. The summed E-state index contributed by atoms with van der Waals surface area (Å²) in [6.45, 7) is 2.06. The summed E-state index contributed by atoms with van der Waals surface area (Å²) < 4.78 is 5.21. The molecule has 1 aromatic carbocycles. The molecule has 0 saturated carbocycles. The predicted octanol–water partition coefficient (Wildman–Crippen LogP) is 1.84. The molecule has 1 aromatic rings. The third-order valence-corrected chi connectivity index (χ3v) is 3.65. The highest BCUT2D eigenvalue weighted by molar-refractivity contribution is 5.92. The first-order valence-electron chi connectivity index (χ1n) is 7.57. The maximum absolute atomic E-state index is 11.8. The van der Waals surface area contributed by atoms with Gasteiger partial charge in [0.1, 0.15) is 5.75 Å². The molecule has 1 N–H and O–H groups in total. The summed E-state index contributed by atoms with van der Waals surface area (Å²) in [5, 5.41) is 2.73. The molecule has 1 heterocycles. The molecule has 5 nitrogen and oxygen atoms in total. The van der Waals surface area contributed by atoms with Gasteiger partial charge >= 0.3 is 0 Å². The van der Waals surface area contributed by atoms with E-state index in [2.05, 4.69) is 5.32 Å². The summed E-state index contributed by atoms with van der Waals surface area (Å²) >= 11 is 0. The quantitative estimate of drug-likeness (QED) is 0.816. The fourth-order valence-electron chi connectivity index (χ4n) is 2.45. The van der Waals surface area contributed by atoms with E-state index in [1.54, 1.807) is 13.2 Å². The summed E-state index contributed by atoms with van der Waals surface area (Å²) in [6.07, 6.45) is 5.68. The summed E-state index contributed by atoms with van der Waals surface area (Å²) in [5.74, 6) is 0.627. The van der Waals surface area contributed by atoms with E-state index >= 15 is 0 Å². The van der Waals surface area contributed by atoms with Gasteiger partial charge in [-0.1, -0.05) is 18.2 Å². The van der Waals surface area contributed by atoms with Crippen LogP contribution in [-0.2, 0) is 9.59 Å². The largest absolute Gasteiger partial charge is 0.496 e. The Kier molecular flexibility index (Phi) is 6.01. The summed E-state index contributed by atoms with van der Waals surface area (Å²) in [5.41, 5.74) is 0.841. The van der Waals surface area contributed by atoms with Crippen LogP contribution in [0.25, 0.3) is 6.08 Å². The van der Waals surface area contributed by atoms with Crippen LogP contribution in [0.1, 0.15) is 24.8 Å². The van der Waals surface area contributed by atoms with E-state index in [1.165, 1.54) is 6.08 Å². The predicted molar refractivity (Wildman–Crippen MR) is 85.5 cm³/mol. The van der Waals surface area contributed by atoms with Gasteiger partial charge in [-0.3, -0.25) is 9.59 Å². The maximum atomic E-state index is 11.8. The normalized spacial score (nSPS) is 14.3. The van der Waals surface area contributed by atoms with Gasteiger partial charge in [0, 0.05) is 37.7 Å². The van der Waals surface area contributed by atoms with Gasteiger partial charge in [0.15, 0.2) is 0 Å². The highest BCUT2D eigenvalue weighted by Gasteiger charge is 2.17. The monoisotopic (exact) mass is 302 g/mol. The number of ether oxygens (including phenoxy) is 1. The molecule has 1 aliphatic heterocycles. The van der Waals surface area contributed by atoms with Gasteiger partial charge in [0.2, 0.25) is 11.8 Å². The number of nitrogens with one attached hydrogen (secondary N) is 1. The topological polar surface area (TPSA) is 58.6 Å². The molecule has 0 atom stereocenters. The summed E-state index contributed by atoms with van der Waals surface area (Å²) in [6, 6.07) is 7.47. The lowest BCUT2D eigenvalue weighted by Crippen LogP contribution is -2.32. The van der Waals surface area contributed by atoms with E-state index < -0.39 is 0 Å². The van der Waals surface area contributed by atoms with Crippen LogP contribution in [-0.4, -0.2) is 43.5 Å². The Balaban J connectivity index is 1.75. The fraction of sp³-hybridized carbons (Fsp3) is 0.412. The number of para-hydroxylation sites is 1. The van der Waals surface area contributed by atoms with Gasteiger partial charge in [-0.15, -0.1) is 0 Å². The number of benzene rings is 1. The van der Waals surface area contributed by atoms with Crippen LogP contribution in [0.15, 0.2) is 30.3 Å². The first-order valence-corrected chi connectivity index (χ1v) is 7.57. The highest BCUT2D eigenvalue weighted by atomic mass is 16.5. The van der Waals surface area contributed by atoms with E-state index in [0.717, 1.165) is 37.2 Å². The number of amides is 2. The van der Waals surface area contributed by atoms with E-state index in [1.807, 2.05) is 29.2 Å². The number of carbonyl (C=O) groups excluding carboxylic acids is 2. The molecule has 5 heteroatoms. The molecule has 0 radical (unpaired) electrons. The number of rotatable bonds is 6. The van der Waals surface area contributed by atoms with Crippen molar-refractivity contribution in [1.82, 2.24) is 10.2 Å². The molecule has 2 rings (SSSR count). The minimum Gasteiger partial charge on any atom is -0.496 e. The van der Waals surface area contributed by atoms with Crippen LogP contribution in [0.5, 0.6) is 5.75 Å². The van der Waals surface area contributed by atoms with Gasteiger partial charge < -0.3 is 15.0 Å². The molecule has 1 fully saturated rings. The average molecular weight is 302 g/mol. The van der Waals surface area contributed by atoms with Crippen molar-refractivity contribution in [1.29, 1.82) is 0 Å². The molecule has 1 aliphatic rings. The third kappa shape index (κ3) is 4.62. The zero-order valence-corrected chi connectivity index (χ0v) is 12.9. The Bertz CT molecular complexity index is 549. The number of nitrogens with zero attached hydrogens (tertiary/aromatic N) is 1. The Morgan fingerprint density at radius 3 is 2.73 bits per heavy atom. The van der Waals surface area contributed by atoms with E-state index in [0.29, 0.717) is 13.0 Å². The van der Waals surface area contributed by atoms with Crippen molar-refractivity contribution in [3.05, 3.63) is 35.9 Å². The third-order valence-electron chi connectivity index (χ3n) is 3.65. The lowest BCUT2D eigenvalue weighted by Gasteiger charge is -2.14. The summed E-state index contributed by atoms with van der Waals surface area (Å²) in [4.78, 5) is 25.4. The van der Waals surface area contributed by atoms with Crippen molar-refractivity contribution in [2.24, 2.45) is 0 Å². The molecular formula is C17H22N2O3. The lowest BCUT2D eigenvalue weighted by atomic mass is 10.2. The Morgan fingerprint density at radius 1 is 1.27 bits per heavy atom. The Hall–Kier alpha value is -2.30. The second kappa shape index (κ2) is 8.22. The van der Waals surface area contributed by atoms with Crippen molar-refractivity contribution in [2.45, 2.75) is 19.3 Å². The molecule has 0 aliphatic carbocycles. The van der Waals surface area contributed by atoms with Gasteiger partial charge in [-0.2, -0.15) is 0 Å². The van der Waals surface area contributed by atoms with Crippen molar-refractivity contribution in [3.8, 4) is 5.75 Å². The van der Waals surface area contributed by atoms with E-state index in [-0.39, 0.29) is 11.8 Å². The smallest absolute Gasteiger partial charge is 0.244 e. The van der Waals surface area contributed by atoms with Crippen molar-refractivity contribution >= 4 is 17.9 Å². The first kappa shape index (κ1) is 16.1. The number of hydrogen-bond donors (Lipinski definition) is 1. The van der Waals surface area contributed by atoms with Gasteiger partial charge in [-0.25, -0.2) is 0 Å². The van der Waals surface area contributed by atoms with E-state index in [9.17, 15) is 9.59 Å². The second-order valence-electron chi connectivity index (χ2n) is 5.20. The van der Waals surface area contributed by atoms with Crippen LogP contribution in [0.4, 0.5) is 0 Å². The fourth-order valence-corrected chi connectivity index (χ4v) is 2.45. The highest BCUT2D eigenvalue weighted by Crippen LogP contribution is 2.18. The molecule has 118 valence electrons. The molecule has 0 spiro atoms. The lowest BCUT2D eigenvalue weighted by molar-refractivity contribution is -0.130. The minimum absolute atomic E-state index is 0.117. The molecule has 2 amide bonds. The van der Waals surface area contributed by atoms with Crippen LogP contribution in [0, 0.1) is 0 Å². The molecule has 0 aromatic heterocycles. The maximum Gasteiger partial charge on any atom is 0.244 e. The average Bonchev–Trinajstić information content (AvgIpc) is 3.07. The van der Waals surface area contributed by atoms with Crippen LogP contribution < -0.4 is 10.1 Å². The molecule has 0 bridgehead atoms. The number of carbonyl (C=O) groups is 2. The zero-order chi connectivity index (χ0) is 15.8. The van der Waals surface area contributed by atoms with Crippen molar-refractivity contribution < 1.29 is 14.3 Å². The molecule has 1 saturated heterocycles. The SMILES string of the molecule is COc1ccccc1/C=C/C(=O)NCCC(=O)N1CCCC1. The van der Waals surface area contributed by atoms with Crippen LogP contribution in [0.3, 0.4) is 0 Å². The van der Waals surface area contributed by atoms with Crippen molar-refractivity contribution in [2.75, 3.05) is 26.7 Å². The molecular weight excluding hydrogens is 280 g/mol. The number of likely N-dealkylation sites (tertiary alicyclic amines) is 1.